The summed E-state index contributed by atoms with van der Waals surface area (Å²) in [6.07, 6.45) is 4.69. The number of aromatic nitrogens is 1. The molecule has 6 heteroatoms. The summed E-state index contributed by atoms with van der Waals surface area (Å²) in [7, 11) is -3.44. The Kier molecular flexibility index (Phi) is 5.35. The average Bonchev–Trinajstić information content (AvgIpc) is 2.45. The Labute approximate surface area is 128 Å². The zero-order valence-electron chi connectivity index (χ0n) is 13.1. The third-order valence-corrected chi connectivity index (χ3v) is 6.23. The Morgan fingerprint density at radius 3 is 2.71 bits per heavy atom. The van der Waals surface area contributed by atoms with E-state index in [1.54, 1.807) is 14.8 Å². The first-order valence-electron chi connectivity index (χ1n) is 7.61. The summed E-state index contributed by atoms with van der Waals surface area (Å²) in [5, 5.41) is 0. The van der Waals surface area contributed by atoms with Crippen LogP contribution in [-0.2, 0) is 16.8 Å². The van der Waals surface area contributed by atoms with Crippen LogP contribution in [0.1, 0.15) is 45.7 Å². The average molecular weight is 311 g/mol. The molecule has 0 spiro atoms. The van der Waals surface area contributed by atoms with Crippen LogP contribution in [-0.4, -0.2) is 40.6 Å². The van der Waals surface area contributed by atoms with Gasteiger partial charge in [-0.25, -0.2) is 0 Å². The molecular weight excluding hydrogens is 286 g/mol. The van der Waals surface area contributed by atoms with Crippen molar-refractivity contribution in [1.29, 1.82) is 0 Å². The molecule has 0 bridgehead atoms. The van der Waals surface area contributed by atoms with E-state index in [-0.39, 0.29) is 12.1 Å². The highest BCUT2D eigenvalue weighted by Crippen LogP contribution is 2.24. The molecule has 1 aromatic rings. The zero-order chi connectivity index (χ0) is 15.5. The van der Waals surface area contributed by atoms with Gasteiger partial charge in [-0.3, -0.25) is 4.98 Å². The Morgan fingerprint density at radius 1 is 1.38 bits per heavy atom. The first kappa shape index (κ1) is 16.4. The lowest BCUT2D eigenvalue weighted by molar-refractivity contribution is 0.231. The minimum atomic E-state index is -3.44. The first-order chi connectivity index (χ1) is 9.93. The van der Waals surface area contributed by atoms with Gasteiger partial charge in [-0.05, 0) is 45.7 Å². The van der Waals surface area contributed by atoms with Crippen molar-refractivity contribution in [3.8, 4) is 0 Å². The number of piperidine rings is 1. The number of nitrogens with zero attached hydrogens (tertiary/aromatic N) is 3. The SMILES string of the molecule is CC(C)N(Cc1ccccn1)S(=O)(=O)N1CCCCC1C. The van der Waals surface area contributed by atoms with Crippen LogP contribution in [0.4, 0.5) is 0 Å². The smallest absolute Gasteiger partial charge is 0.260 e. The molecule has 1 fully saturated rings. The van der Waals surface area contributed by atoms with E-state index in [1.165, 1.54) is 0 Å². The second-order valence-electron chi connectivity index (χ2n) is 5.92. The molecule has 0 aromatic carbocycles. The highest BCUT2D eigenvalue weighted by Gasteiger charge is 2.35. The summed E-state index contributed by atoms with van der Waals surface area (Å²) in [6.45, 7) is 6.76. The molecule has 0 aliphatic carbocycles. The lowest BCUT2D eigenvalue weighted by Crippen LogP contribution is -2.51. The van der Waals surface area contributed by atoms with Gasteiger partial charge in [-0.15, -0.1) is 0 Å². The van der Waals surface area contributed by atoms with Gasteiger partial charge in [0.25, 0.3) is 10.2 Å². The van der Waals surface area contributed by atoms with Crippen molar-refractivity contribution < 1.29 is 8.42 Å². The Bertz CT molecular complexity index is 545. The summed E-state index contributed by atoms with van der Waals surface area (Å²) in [6, 6.07) is 5.58. The second-order valence-corrected chi connectivity index (χ2v) is 7.76. The quantitative estimate of drug-likeness (QED) is 0.839. The predicted octanol–water partition coefficient (Wildman–Crippen LogP) is 2.41. The topological polar surface area (TPSA) is 53.5 Å². The predicted molar refractivity (Wildman–Crippen MR) is 83.9 cm³/mol. The number of hydrogen-bond donors (Lipinski definition) is 0. The summed E-state index contributed by atoms with van der Waals surface area (Å²) >= 11 is 0. The summed E-state index contributed by atoms with van der Waals surface area (Å²) < 4.78 is 29.1. The first-order valence-corrected chi connectivity index (χ1v) is 9.01. The number of hydrogen-bond acceptors (Lipinski definition) is 3. The van der Waals surface area contributed by atoms with E-state index < -0.39 is 10.2 Å². The molecule has 0 N–H and O–H groups in total. The Morgan fingerprint density at radius 2 is 2.14 bits per heavy atom. The molecule has 0 saturated carbocycles. The van der Waals surface area contributed by atoms with Crippen molar-refractivity contribution >= 4 is 10.2 Å². The van der Waals surface area contributed by atoms with Gasteiger partial charge in [-0.2, -0.15) is 17.0 Å². The van der Waals surface area contributed by atoms with Gasteiger partial charge in [-0.1, -0.05) is 12.5 Å². The van der Waals surface area contributed by atoms with Crippen LogP contribution >= 0.6 is 0 Å². The molecule has 2 heterocycles. The van der Waals surface area contributed by atoms with E-state index in [0.717, 1.165) is 25.0 Å². The molecule has 1 aliphatic heterocycles. The van der Waals surface area contributed by atoms with E-state index in [9.17, 15) is 8.42 Å². The molecule has 1 aromatic heterocycles. The maximum Gasteiger partial charge on any atom is 0.282 e. The third kappa shape index (κ3) is 3.81. The number of pyridine rings is 1. The Hall–Kier alpha value is -0.980. The molecule has 5 nitrogen and oxygen atoms in total. The van der Waals surface area contributed by atoms with E-state index in [0.29, 0.717) is 13.1 Å². The van der Waals surface area contributed by atoms with E-state index in [4.69, 9.17) is 0 Å². The van der Waals surface area contributed by atoms with E-state index in [1.807, 2.05) is 39.0 Å². The van der Waals surface area contributed by atoms with Crippen LogP contribution in [0.3, 0.4) is 0 Å². The standard InChI is InChI=1S/C15H25N3O2S/c1-13(2)18(12-15-9-4-6-10-16-15)21(19,20)17-11-7-5-8-14(17)3/h4,6,9-10,13-14H,5,7-8,11-12H2,1-3H3. The van der Waals surface area contributed by atoms with Crippen molar-refractivity contribution in [3.05, 3.63) is 30.1 Å². The fourth-order valence-electron chi connectivity index (χ4n) is 2.73. The molecule has 1 atom stereocenters. The fraction of sp³-hybridized carbons (Fsp3) is 0.667. The minimum absolute atomic E-state index is 0.0775. The molecule has 0 amide bonds. The van der Waals surface area contributed by atoms with Gasteiger partial charge in [0.15, 0.2) is 0 Å². The van der Waals surface area contributed by atoms with Gasteiger partial charge >= 0.3 is 0 Å². The van der Waals surface area contributed by atoms with Crippen molar-refractivity contribution in [2.45, 2.75) is 58.7 Å². The molecule has 1 saturated heterocycles. The van der Waals surface area contributed by atoms with Crippen molar-refractivity contribution in [2.75, 3.05) is 6.54 Å². The van der Waals surface area contributed by atoms with Crippen LogP contribution in [0.2, 0.25) is 0 Å². The molecule has 1 aliphatic rings. The minimum Gasteiger partial charge on any atom is -0.260 e. The van der Waals surface area contributed by atoms with Crippen molar-refractivity contribution in [1.82, 2.24) is 13.6 Å². The van der Waals surface area contributed by atoms with Crippen molar-refractivity contribution in [2.24, 2.45) is 0 Å². The van der Waals surface area contributed by atoms with Gasteiger partial charge in [0.1, 0.15) is 0 Å². The molecule has 0 radical (unpaired) electrons. The van der Waals surface area contributed by atoms with Crippen LogP contribution in [0.15, 0.2) is 24.4 Å². The summed E-state index contributed by atoms with van der Waals surface area (Å²) in [4.78, 5) is 4.25. The van der Waals surface area contributed by atoms with Gasteiger partial charge in [0.2, 0.25) is 0 Å². The summed E-state index contributed by atoms with van der Waals surface area (Å²) in [5.74, 6) is 0. The molecule has 21 heavy (non-hydrogen) atoms. The lowest BCUT2D eigenvalue weighted by Gasteiger charge is -2.37. The molecule has 1 unspecified atom stereocenters. The normalized spacial score (nSPS) is 21.1. The molecule has 118 valence electrons. The summed E-state index contributed by atoms with van der Waals surface area (Å²) in [5.41, 5.74) is 0.777. The van der Waals surface area contributed by atoms with E-state index >= 15 is 0 Å². The highest BCUT2D eigenvalue weighted by molar-refractivity contribution is 7.86. The van der Waals surface area contributed by atoms with Crippen molar-refractivity contribution in [3.63, 3.8) is 0 Å². The van der Waals surface area contributed by atoms with Gasteiger partial charge in [0, 0.05) is 24.8 Å². The third-order valence-electron chi connectivity index (χ3n) is 3.95. The maximum absolute atomic E-state index is 13.0. The maximum atomic E-state index is 13.0. The van der Waals surface area contributed by atoms with Crippen LogP contribution < -0.4 is 0 Å². The number of rotatable bonds is 5. The molecule has 2 rings (SSSR count). The lowest BCUT2D eigenvalue weighted by atomic mass is 10.1. The Balaban J connectivity index is 2.24. The van der Waals surface area contributed by atoms with E-state index in [2.05, 4.69) is 4.98 Å². The fourth-order valence-corrected chi connectivity index (χ4v) is 4.75. The zero-order valence-corrected chi connectivity index (χ0v) is 13.9. The highest BCUT2D eigenvalue weighted by atomic mass is 32.2. The van der Waals surface area contributed by atoms with Crippen LogP contribution in [0.25, 0.3) is 0 Å². The van der Waals surface area contributed by atoms with Crippen LogP contribution in [0.5, 0.6) is 0 Å². The molecular formula is C15H25N3O2S. The monoisotopic (exact) mass is 311 g/mol. The second kappa shape index (κ2) is 6.85. The largest absolute Gasteiger partial charge is 0.282 e. The van der Waals surface area contributed by atoms with Gasteiger partial charge in [0.05, 0.1) is 12.2 Å². The van der Waals surface area contributed by atoms with Gasteiger partial charge < -0.3 is 0 Å². The van der Waals surface area contributed by atoms with Crippen LogP contribution in [0, 0.1) is 0 Å².